The van der Waals surface area contributed by atoms with E-state index in [9.17, 15) is 0 Å². The van der Waals surface area contributed by atoms with E-state index in [-0.39, 0.29) is 0 Å². The van der Waals surface area contributed by atoms with Gasteiger partial charge in [0, 0.05) is 0 Å². The minimum atomic E-state index is 0.690. The Kier molecular flexibility index (Phi) is 2.99. The number of rotatable bonds is 1. The Bertz CT molecular complexity index is 152. The van der Waals surface area contributed by atoms with Gasteiger partial charge < -0.3 is 5.21 Å². The van der Waals surface area contributed by atoms with Crippen molar-refractivity contribution in [1.82, 2.24) is 0 Å². The second kappa shape index (κ2) is 3.28. The predicted octanol–water partition coefficient (Wildman–Crippen LogP) is 2.19. The molecular formula is C7H13NO. The molecule has 0 aliphatic carbocycles. The predicted molar refractivity (Wildman–Crippen MR) is 38.9 cm³/mol. The molecule has 0 saturated heterocycles. The zero-order valence-electron chi connectivity index (χ0n) is 6.39. The normalized spacial score (nSPS) is 11.3. The molecule has 0 spiro atoms. The van der Waals surface area contributed by atoms with Crippen LogP contribution in [0, 0.1) is 0 Å². The molecule has 0 bridgehead atoms. The van der Waals surface area contributed by atoms with Gasteiger partial charge in [-0.1, -0.05) is 10.7 Å². The Balaban J connectivity index is 4.40. The molecule has 2 heteroatoms. The topological polar surface area (TPSA) is 32.6 Å². The Morgan fingerprint density at radius 1 is 1.11 bits per heavy atom. The number of allylic oxidation sites excluding steroid dienone is 2. The van der Waals surface area contributed by atoms with Crippen LogP contribution in [0.15, 0.2) is 16.3 Å². The van der Waals surface area contributed by atoms with Gasteiger partial charge >= 0.3 is 0 Å². The summed E-state index contributed by atoms with van der Waals surface area (Å²) in [6.45, 7) is 7.70. The fourth-order valence-corrected chi connectivity index (χ4v) is 0.437. The van der Waals surface area contributed by atoms with Crippen LogP contribution in [0.25, 0.3) is 0 Å². The number of oxime groups is 1. The van der Waals surface area contributed by atoms with E-state index in [2.05, 4.69) is 5.16 Å². The first-order valence-corrected chi connectivity index (χ1v) is 2.92. The van der Waals surface area contributed by atoms with Crippen LogP contribution in [0.2, 0.25) is 0 Å². The van der Waals surface area contributed by atoms with Gasteiger partial charge in [0.1, 0.15) is 0 Å². The maximum atomic E-state index is 8.31. The van der Waals surface area contributed by atoms with E-state index in [0.717, 1.165) is 5.57 Å². The van der Waals surface area contributed by atoms with Crippen LogP contribution in [0.5, 0.6) is 0 Å². The molecule has 0 saturated carbocycles. The third-order valence-corrected chi connectivity index (χ3v) is 1.44. The second-order valence-corrected chi connectivity index (χ2v) is 2.31. The van der Waals surface area contributed by atoms with Gasteiger partial charge in [0.05, 0.1) is 5.71 Å². The van der Waals surface area contributed by atoms with E-state index in [1.807, 2.05) is 20.8 Å². The SMILES string of the molecule is CC(C)=C(C)/C(C)=N/O. The zero-order chi connectivity index (χ0) is 7.44. The Hall–Kier alpha value is -0.790. The number of nitrogens with zero attached hydrogens (tertiary/aromatic N) is 1. The average Bonchev–Trinajstić information content (AvgIpc) is 1.84. The highest BCUT2D eigenvalue weighted by molar-refractivity contribution is 5.97. The summed E-state index contributed by atoms with van der Waals surface area (Å²) in [6.07, 6.45) is 0. The van der Waals surface area contributed by atoms with Crippen molar-refractivity contribution in [1.29, 1.82) is 0 Å². The first-order chi connectivity index (χ1) is 4.09. The van der Waals surface area contributed by atoms with Crippen molar-refractivity contribution < 1.29 is 5.21 Å². The van der Waals surface area contributed by atoms with Crippen LogP contribution in [0.4, 0.5) is 0 Å². The molecule has 0 aliphatic heterocycles. The summed E-state index contributed by atoms with van der Waals surface area (Å²) in [5, 5.41) is 11.4. The van der Waals surface area contributed by atoms with Crippen molar-refractivity contribution >= 4 is 5.71 Å². The maximum Gasteiger partial charge on any atom is 0.0793 e. The second-order valence-electron chi connectivity index (χ2n) is 2.31. The van der Waals surface area contributed by atoms with E-state index in [1.165, 1.54) is 5.57 Å². The zero-order valence-corrected chi connectivity index (χ0v) is 6.39. The molecule has 52 valence electrons. The molecule has 0 heterocycles. The molecule has 1 N–H and O–H groups in total. The number of hydrogen-bond donors (Lipinski definition) is 1. The molecule has 0 rings (SSSR count). The monoisotopic (exact) mass is 127 g/mol. The van der Waals surface area contributed by atoms with Gasteiger partial charge in [-0.3, -0.25) is 0 Å². The van der Waals surface area contributed by atoms with Gasteiger partial charge in [-0.05, 0) is 33.3 Å². The third-order valence-electron chi connectivity index (χ3n) is 1.44. The molecule has 0 aromatic carbocycles. The molecule has 0 aliphatic rings. The quantitative estimate of drug-likeness (QED) is 0.327. The molecule has 0 atom stereocenters. The van der Waals surface area contributed by atoms with Crippen LogP contribution in [-0.4, -0.2) is 10.9 Å². The summed E-state index contributed by atoms with van der Waals surface area (Å²) in [4.78, 5) is 0. The van der Waals surface area contributed by atoms with E-state index in [1.54, 1.807) is 6.92 Å². The molecule has 9 heavy (non-hydrogen) atoms. The highest BCUT2D eigenvalue weighted by atomic mass is 16.4. The standard InChI is InChI=1S/C7H13NO/c1-5(2)6(3)7(4)8-9/h9H,1-4H3/b8-7+. The van der Waals surface area contributed by atoms with Crippen molar-refractivity contribution in [3.8, 4) is 0 Å². The molecule has 0 unspecified atom stereocenters. The fraction of sp³-hybridized carbons (Fsp3) is 0.571. The smallest absolute Gasteiger partial charge is 0.0793 e. The Labute approximate surface area is 55.9 Å². The highest BCUT2D eigenvalue weighted by Crippen LogP contribution is 2.03. The van der Waals surface area contributed by atoms with Gasteiger partial charge in [-0.25, -0.2) is 0 Å². The molecule has 0 radical (unpaired) electrons. The van der Waals surface area contributed by atoms with Gasteiger partial charge in [0.15, 0.2) is 0 Å². The van der Waals surface area contributed by atoms with Crippen LogP contribution >= 0.6 is 0 Å². The Morgan fingerprint density at radius 3 is 1.67 bits per heavy atom. The lowest BCUT2D eigenvalue weighted by Gasteiger charge is -1.98. The highest BCUT2D eigenvalue weighted by Gasteiger charge is 1.94. The van der Waals surface area contributed by atoms with E-state index < -0.39 is 0 Å². The fourth-order valence-electron chi connectivity index (χ4n) is 0.437. The maximum absolute atomic E-state index is 8.31. The lowest BCUT2D eigenvalue weighted by molar-refractivity contribution is 0.319. The van der Waals surface area contributed by atoms with E-state index in [4.69, 9.17) is 5.21 Å². The first kappa shape index (κ1) is 8.21. The summed E-state index contributed by atoms with van der Waals surface area (Å²) in [5.41, 5.74) is 2.93. The molecular weight excluding hydrogens is 114 g/mol. The minimum absolute atomic E-state index is 0.690. The summed E-state index contributed by atoms with van der Waals surface area (Å²) < 4.78 is 0. The van der Waals surface area contributed by atoms with Crippen LogP contribution in [0.1, 0.15) is 27.7 Å². The van der Waals surface area contributed by atoms with Crippen molar-refractivity contribution in [2.45, 2.75) is 27.7 Å². The molecule has 2 nitrogen and oxygen atoms in total. The van der Waals surface area contributed by atoms with Crippen molar-refractivity contribution in [2.24, 2.45) is 5.16 Å². The van der Waals surface area contributed by atoms with Gasteiger partial charge in [-0.2, -0.15) is 0 Å². The van der Waals surface area contributed by atoms with Crippen LogP contribution < -0.4 is 0 Å². The minimum Gasteiger partial charge on any atom is -0.411 e. The summed E-state index contributed by atoms with van der Waals surface area (Å²) in [7, 11) is 0. The molecule has 0 fully saturated rings. The molecule has 0 aromatic heterocycles. The number of hydrogen-bond acceptors (Lipinski definition) is 2. The van der Waals surface area contributed by atoms with Gasteiger partial charge in [0.25, 0.3) is 0 Å². The van der Waals surface area contributed by atoms with Crippen molar-refractivity contribution in [2.75, 3.05) is 0 Å². The largest absolute Gasteiger partial charge is 0.411 e. The van der Waals surface area contributed by atoms with Gasteiger partial charge in [-0.15, -0.1) is 0 Å². The first-order valence-electron chi connectivity index (χ1n) is 2.92. The Morgan fingerprint density at radius 2 is 1.56 bits per heavy atom. The molecule has 0 aromatic rings. The van der Waals surface area contributed by atoms with Crippen LogP contribution in [0.3, 0.4) is 0 Å². The van der Waals surface area contributed by atoms with Gasteiger partial charge in [0.2, 0.25) is 0 Å². The lowest BCUT2D eigenvalue weighted by Crippen LogP contribution is -1.94. The van der Waals surface area contributed by atoms with E-state index in [0.29, 0.717) is 5.71 Å². The van der Waals surface area contributed by atoms with Crippen LogP contribution in [-0.2, 0) is 0 Å². The van der Waals surface area contributed by atoms with Crippen molar-refractivity contribution in [3.63, 3.8) is 0 Å². The molecule has 0 amide bonds. The van der Waals surface area contributed by atoms with E-state index >= 15 is 0 Å². The lowest BCUT2D eigenvalue weighted by atomic mass is 10.1. The summed E-state index contributed by atoms with van der Waals surface area (Å²) >= 11 is 0. The average molecular weight is 127 g/mol. The van der Waals surface area contributed by atoms with Crippen molar-refractivity contribution in [3.05, 3.63) is 11.1 Å². The third kappa shape index (κ3) is 2.31. The summed E-state index contributed by atoms with van der Waals surface area (Å²) in [6, 6.07) is 0. The summed E-state index contributed by atoms with van der Waals surface area (Å²) in [5.74, 6) is 0.